The SMILES string of the molecule is CC(C)c1ccccc1.[Na].[Na]. The molecule has 0 aliphatic carbocycles. The predicted octanol–water partition coefficient (Wildman–Crippen LogP) is 2.05. The topological polar surface area (TPSA) is 0 Å². The maximum atomic E-state index is 2.20. The molecule has 0 amide bonds. The third kappa shape index (κ3) is 5.46. The van der Waals surface area contributed by atoms with Crippen molar-refractivity contribution in [3.05, 3.63) is 35.9 Å². The van der Waals surface area contributed by atoms with Crippen molar-refractivity contribution in [2.45, 2.75) is 19.8 Å². The molecule has 0 nitrogen and oxygen atoms in total. The van der Waals surface area contributed by atoms with Crippen molar-refractivity contribution in [1.29, 1.82) is 0 Å². The van der Waals surface area contributed by atoms with Gasteiger partial charge in [0, 0.05) is 59.1 Å². The molecule has 0 aromatic heterocycles. The second-order valence-electron chi connectivity index (χ2n) is 2.57. The van der Waals surface area contributed by atoms with Crippen LogP contribution in [0.4, 0.5) is 0 Å². The van der Waals surface area contributed by atoms with Crippen molar-refractivity contribution < 1.29 is 0 Å². The molecule has 0 bridgehead atoms. The summed E-state index contributed by atoms with van der Waals surface area (Å²) in [7, 11) is 0. The van der Waals surface area contributed by atoms with E-state index in [9.17, 15) is 0 Å². The van der Waals surface area contributed by atoms with E-state index in [0.29, 0.717) is 5.92 Å². The molecule has 11 heavy (non-hydrogen) atoms. The van der Waals surface area contributed by atoms with Crippen molar-refractivity contribution in [2.24, 2.45) is 0 Å². The van der Waals surface area contributed by atoms with Crippen molar-refractivity contribution in [1.82, 2.24) is 0 Å². The van der Waals surface area contributed by atoms with Gasteiger partial charge in [-0.1, -0.05) is 44.2 Å². The van der Waals surface area contributed by atoms with Crippen molar-refractivity contribution in [2.75, 3.05) is 0 Å². The molecule has 1 aromatic carbocycles. The molecule has 0 N–H and O–H groups in total. The van der Waals surface area contributed by atoms with E-state index in [1.165, 1.54) is 5.56 Å². The van der Waals surface area contributed by atoms with Gasteiger partial charge in [-0.25, -0.2) is 0 Å². The van der Waals surface area contributed by atoms with E-state index < -0.39 is 0 Å². The Kier molecular flexibility index (Phi) is 10.5. The van der Waals surface area contributed by atoms with Gasteiger partial charge in [0.1, 0.15) is 0 Å². The van der Waals surface area contributed by atoms with Crippen LogP contribution in [0.5, 0.6) is 0 Å². The monoisotopic (exact) mass is 166 g/mol. The molecule has 2 heteroatoms. The van der Waals surface area contributed by atoms with Gasteiger partial charge in [-0.2, -0.15) is 0 Å². The normalized spacial score (nSPS) is 8.27. The summed E-state index contributed by atoms with van der Waals surface area (Å²) in [5, 5.41) is 0. The second-order valence-corrected chi connectivity index (χ2v) is 2.57. The molecule has 0 aliphatic heterocycles. The first kappa shape index (κ1) is 14.7. The Morgan fingerprint density at radius 3 is 1.64 bits per heavy atom. The second kappa shape index (κ2) is 7.85. The fraction of sp³-hybridized carbons (Fsp3) is 0.333. The van der Waals surface area contributed by atoms with Gasteiger partial charge in [-0.3, -0.25) is 0 Å². The van der Waals surface area contributed by atoms with Crippen LogP contribution in [-0.4, -0.2) is 59.1 Å². The summed E-state index contributed by atoms with van der Waals surface area (Å²) in [4.78, 5) is 0. The van der Waals surface area contributed by atoms with Crippen LogP contribution in [0.15, 0.2) is 30.3 Å². The molecule has 1 rings (SSSR count). The fourth-order valence-corrected chi connectivity index (χ4v) is 0.838. The van der Waals surface area contributed by atoms with Crippen LogP contribution < -0.4 is 0 Å². The number of rotatable bonds is 1. The maximum Gasteiger partial charge on any atom is 0 e. The molecule has 2 radical (unpaired) electrons. The minimum absolute atomic E-state index is 0. The Morgan fingerprint density at radius 2 is 1.36 bits per heavy atom. The van der Waals surface area contributed by atoms with Crippen molar-refractivity contribution in [3.8, 4) is 0 Å². The minimum atomic E-state index is 0. The van der Waals surface area contributed by atoms with Crippen LogP contribution in [0.3, 0.4) is 0 Å². The number of benzene rings is 1. The molecule has 50 valence electrons. The number of hydrogen-bond acceptors (Lipinski definition) is 0. The molecule has 0 unspecified atom stereocenters. The summed E-state index contributed by atoms with van der Waals surface area (Å²) >= 11 is 0. The molecule has 0 fully saturated rings. The zero-order valence-corrected chi connectivity index (χ0v) is 12.0. The summed E-state index contributed by atoms with van der Waals surface area (Å²) in [5.74, 6) is 0.659. The Labute approximate surface area is 113 Å². The van der Waals surface area contributed by atoms with Crippen LogP contribution >= 0.6 is 0 Å². The molecule has 0 spiro atoms. The van der Waals surface area contributed by atoms with Gasteiger partial charge in [-0.05, 0) is 11.5 Å². The van der Waals surface area contributed by atoms with Gasteiger partial charge in [-0.15, -0.1) is 0 Å². The molecule has 0 atom stereocenters. The van der Waals surface area contributed by atoms with Crippen molar-refractivity contribution >= 4 is 59.1 Å². The van der Waals surface area contributed by atoms with E-state index in [1.54, 1.807) is 0 Å². The van der Waals surface area contributed by atoms with E-state index in [1.807, 2.05) is 6.07 Å². The Balaban J connectivity index is 0. The third-order valence-electron chi connectivity index (χ3n) is 1.47. The predicted molar refractivity (Wildman–Crippen MR) is 52.0 cm³/mol. The van der Waals surface area contributed by atoms with Crippen molar-refractivity contribution in [3.63, 3.8) is 0 Å². The van der Waals surface area contributed by atoms with E-state index in [4.69, 9.17) is 0 Å². The van der Waals surface area contributed by atoms with E-state index in [0.717, 1.165) is 0 Å². The quantitative estimate of drug-likeness (QED) is 0.560. The fourth-order valence-electron chi connectivity index (χ4n) is 0.838. The van der Waals surface area contributed by atoms with Crippen LogP contribution in [0.1, 0.15) is 25.3 Å². The molecular formula is C9H12Na2. The molecule has 1 aromatic rings. The van der Waals surface area contributed by atoms with E-state index in [2.05, 4.69) is 38.1 Å². The van der Waals surface area contributed by atoms with Crippen LogP contribution in [0.25, 0.3) is 0 Å². The van der Waals surface area contributed by atoms with Gasteiger partial charge in [0.25, 0.3) is 0 Å². The average Bonchev–Trinajstić information content (AvgIpc) is 1.90. The first-order valence-electron chi connectivity index (χ1n) is 3.35. The molecule has 0 saturated heterocycles. The zero-order valence-electron chi connectivity index (χ0n) is 7.96. The zero-order chi connectivity index (χ0) is 6.69. The van der Waals surface area contributed by atoms with Gasteiger partial charge in [0.15, 0.2) is 0 Å². The number of hydrogen-bond donors (Lipinski definition) is 0. The van der Waals surface area contributed by atoms with Gasteiger partial charge in [0.2, 0.25) is 0 Å². The van der Waals surface area contributed by atoms with Gasteiger partial charge < -0.3 is 0 Å². The first-order valence-corrected chi connectivity index (χ1v) is 3.35. The van der Waals surface area contributed by atoms with Crippen LogP contribution in [0.2, 0.25) is 0 Å². The largest absolute Gasteiger partial charge is 0.0622 e. The summed E-state index contributed by atoms with van der Waals surface area (Å²) in [5.41, 5.74) is 1.41. The Bertz CT molecular complexity index is 170. The molecular weight excluding hydrogens is 154 g/mol. The smallest absolute Gasteiger partial charge is 0 e. The summed E-state index contributed by atoms with van der Waals surface area (Å²) in [6, 6.07) is 10.5. The third-order valence-corrected chi connectivity index (χ3v) is 1.47. The Hall–Kier alpha value is 1.22. The minimum Gasteiger partial charge on any atom is -0.0622 e. The van der Waals surface area contributed by atoms with E-state index >= 15 is 0 Å². The average molecular weight is 166 g/mol. The van der Waals surface area contributed by atoms with Crippen LogP contribution in [-0.2, 0) is 0 Å². The molecule has 0 aliphatic rings. The Morgan fingerprint density at radius 1 is 0.909 bits per heavy atom. The summed E-state index contributed by atoms with van der Waals surface area (Å²) in [6.07, 6.45) is 0. The summed E-state index contributed by atoms with van der Waals surface area (Å²) < 4.78 is 0. The first-order chi connectivity index (χ1) is 4.30. The van der Waals surface area contributed by atoms with Gasteiger partial charge >= 0.3 is 0 Å². The standard InChI is InChI=1S/C9H12.2Na/c1-8(2)9-6-4-3-5-7-9;;/h3-8H,1-2H3;;. The summed E-state index contributed by atoms with van der Waals surface area (Å²) in [6.45, 7) is 4.41. The van der Waals surface area contributed by atoms with Gasteiger partial charge in [0.05, 0.1) is 0 Å². The van der Waals surface area contributed by atoms with Crippen LogP contribution in [0, 0.1) is 0 Å². The maximum absolute atomic E-state index is 2.20. The molecule has 0 heterocycles. The van der Waals surface area contributed by atoms with E-state index in [-0.39, 0.29) is 59.1 Å². The molecule has 0 saturated carbocycles.